The molecule has 9 aromatic rings. The molecule has 2 aliphatic carbocycles. The number of hydrogen-bond acceptors (Lipinski definition) is 14. The normalized spacial score (nSPS) is 12.4. The molecule has 21 nitrogen and oxygen atoms in total. The smallest absolute Gasteiger partial charge is 0.259 e. The molecule has 0 aromatic carbocycles. The number of nitrogens with zero attached hydrogens (tertiary/aromatic N) is 13. The molecule has 434 valence electrons. The first kappa shape index (κ1) is 63.8. The minimum atomic E-state index is -2.05. The van der Waals surface area contributed by atoms with Crippen LogP contribution >= 0.6 is 31.9 Å². The third-order valence-electron chi connectivity index (χ3n) is 13.8. The molecule has 9 aromatic heterocycles. The summed E-state index contributed by atoms with van der Waals surface area (Å²) >= 11 is 4.58. The average molecular weight is 1380 g/mol. The number of nitriles is 2. The molecule has 3 N–H and O–H groups in total. The zero-order valence-electron chi connectivity index (χ0n) is 46.8. The maximum atomic E-state index is 13.6. The summed E-state index contributed by atoms with van der Waals surface area (Å²) in [7, 11) is 4.78. The predicted molar refractivity (Wildman–Crippen MR) is 334 cm³/mol. The zero-order chi connectivity index (χ0) is 60.1. The van der Waals surface area contributed by atoms with E-state index in [1.165, 1.54) is 28.5 Å². The van der Waals surface area contributed by atoms with Crippen LogP contribution in [-0.4, -0.2) is 125 Å². The Hall–Kier alpha value is -8.78. The van der Waals surface area contributed by atoms with Crippen molar-refractivity contribution < 1.29 is 24.0 Å². The summed E-state index contributed by atoms with van der Waals surface area (Å²) in [6.07, 6.45) is 20.5. The van der Waals surface area contributed by atoms with E-state index in [2.05, 4.69) is 110 Å². The van der Waals surface area contributed by atoms with Crippen LogP contribution in [0.2, 0.25) is 14.8 Å². The van der Waals surface area contributed by atoms with Crippen molar-refractivity contribution in [3.8, 4) is 23.4 Å². The number of nitrogens with one attached hydrogen (secondary N) is 3. The summed E-state index contributed by atoms with van der Waals surface area (Å²) in [5.74, 6) is 0.476. The Morgan fingerprint density at radius 3 is 1.39 bits per heavy atom. The summed E-state index contributed by atoms with van der Waals surface area (Å²) in [6.45, 7) is 0. The number of carbonyl (C=O) groups excluding carboxylic acids is 5. The zero-order valence-corrected chi connectivity index (χ0v) is 52.8. The van der Waals surface area contributed by atoms with Gasteiger partial charge in [0.1, 0.15) is 28.4 Å². The van der Waals surface area contributed by atoms with Gasteiger partial charge in [0.15, 0.2) is 0 Å². The van der Waals surface area contributed by atoms with E-state index in [1.807, 2.05) is 18.2 Å². The van der Waals surface area contributed by atoms with Gasteiger partial charge in [0.05, 0.1) is 55.8 Å². The number of amides is 5. The number of aromatic nitrogens is 9. The van der Waals surface area contributed by atoms with Crippen molar-refractivity contribution in [1.29, 1.82) is 10.5 Å². The van der Waals surface area contributed by atoms with Gasteiger partial charge < -0.3 is 10.6 Å². The molecule has 0 aliphatic heterocycles. The van der Waals surface area contributed by atoms with Crippen LogP contribution < -0.4 is 29.5 Å². The Labute approximate surface area is 513 Å². The molecule has 2 fully saturated rings. The maximum Gasteiger partial charge on any atom is 0.259 e. The first-order valence-corrected chi connectivity index (χ1v) is 38.2. The van der Waals surface area contributed by atoms with E-state index >= 15 is 0 Å². The fraction of sp³-hybridized carbons (Fsp3) is 0.246. The third-order valence-corrected chi connectivity index (χ3v) is 20.1. The van der Waals surface area contributed by atoms with Crippen molar-refractivity contribution in [3.63, 3.8) is 0 Å². The van der Waals surface area contributed by atoms with Gasteiger partial charge in [-0.3, -0.25) is 34.0 Å². The third kappa shape index (κ3) is 15.5. The van der Waals surface area contributed by atoms with Crippen LogP contribution in [0.1, 0.15) is 109 Å². The molecule has 0 unspecified atom stereocenters. The molecule has 5 amide bonds. The molecule has 0 atom stereocenters. The van der Waals surface area contributed by atoms with Crippen LogP contribution in [0.25, 0.3) is 22.3 Å². The Morgan fingerprint density at radius 2 is 1.00 bits per heavy atom. The fourth-order valence-corrected chi connectivity index (χ4v) is 12.2. The van der Waals surface area contributed by atoms with E-state index in [0.717, 1.165) is 64.2 Å². The minimum Gasteiger partial charge on any atom is -0.355 e. The van der Waals surface area contributed by atoms with Gasteiger partial charge in [-0.2, -0.15) is 20.7 Å². The number of fused-ring (bicyclic) bond motifs is 2. The van der Waals surface area contributed by atoms with Crippen LogP contribution in [0.5, 0.6) is 0 Å². The molecule has 11 rings (SSSR count). The number of pyridine rings is 7. The van der Waals surface area contributed by atoms with Crippen molar-refractivity contribution in [3.05, 3.63) is 189 Å². The molecule has 9 heterocycles. The quantitative estimate of drug-likeness (QED) is 0.0803. The Morgan fingerprint density at radius 1 is 0.541 bits per heavy atom. The molecule has 24 heteroatoms. The van der Waals surface area contributed by atoms with Gasteiger partial charge in [-0.15, -0.1) is 0 Å². The van der Waals surface area contributed by atoms with E-state index < -0.39 is 18.4 Å². The number of rotatable bonds is 11. The number of anilines is 2. The minimum absolute atomic E-state index is 0. The molecule has 0 bridgehead atoms. The van der Waals surface area contributed by atoms with Gasteiger partial charge in [-0.05, 0) is 143 Å². The van der Waals surface area contributed by atoms with Crippen LogP contribution in [0.4, 0.5) is 11.6 Å². The summed E-state index contributed by atoms with van der Waals surface area (Å²) < 4.78 is 6.17. The van der Waals surface area contributed by atoms with Gasteiger partial charge >= 0.3 is 88.8 Å². The average Bonchev–Trinajstić information content (AvgIpc) is 2.11. The van der Waals surface area contributed by atoms with Crippen molar-refractivity contribution in [2.45, 2.75) is 72.9 Å². The molecular weight excluding hydrogens is 1320 g/mol. The molecule has 2 saturated carbocycles. The molecule has 0 spiro atoms. The number of halogens is 2. The van der Waals surface area contributed by atoms with E-state index in [1.54, 1.807) is 138 Å². The van der Waals surface area contributed by atoms with Crippen molar-refractivity contribution in [1.82, 2.24) is 60.1 Å². The van der Waals surface area contributed by atoms with Crippen molar-refractivity contribution in [2.24, 2.45) is 0 Å². The summed E-state index contributed by atoms with van der Waals surface area (Å²) in [4.78, 5) is 92.6. The van der Waals surface area contributed by atoms with E-state index in [4.69, 9.17) is 10.5 Å². The largest absolute Gasteiger partial charge is 0.355 e. The maximum absolute atomic E-state index is 13.6. The first-order valence-electron chi connectivity index (χ1n) is 26.7. The van der Waals surface area contributed by atoms with Crippen molar-refractivity contribution in [2.75, 3.05) is 30.9 Å². The van der Waals surface area contributed by atoms with E-state index in [9.17, 15) is 24.0 Å². The predicted octanol–water partition coefficient (Wildman–Crippen LogP) is 9.61. The van der Waals surface area contributed by atoms with Crippen LogP contribution in [0.3, 0.4) is 0 Å². The van der Waals surface area contributed by atoms with Crippen LogP contribution in [-0.2, 0) is 0 Å². The van der Waals surface area contributed by atoms with E-state index in [0.29, 0.717) is 56.3 Å². The van der Waals surface area contributed by atoms with Crippen LogP contribution in [0.15, 0.2) is 150 Å². The number of carbonyl (C=O) groups is 5. The van der Waals surface area contributed by atoms with Gasteiger partial charge in [0, 0.05) is 80.1 Å². The van der Waals surface area contributed by atoms with Gasteiger partial charge in [0.25, 0.3) is 23.6 Å². The Bertz CT molecular complexity index is 3910. The Kier molecular flexibility index (Phi) is 21.9. The monoisotopic (exact) mass is 1380 g/mol. The second-order valence-electron chi connectivity index (χ2n) is 20.3. The molecule has 85 heavy (non-hydrogen) atoms. The molecule has 0 radical (unpaired) electrons. The second kappa shape index (κ2) is 29.2. The van der Waals surface area contributed by atoms with E-state index in [-0.39, 0.29) is 49.0 Å². The van der Waals surface area contributed by atoms with Gasteiger partial charge in [-0.25, -0.2) is 24.0 Å². The first-order chi connectivity index (χ1) is 40.4. The van der Waals surface area contributed by atoms with Gasteiger partial charge in [-0.1, -0.05) is 7.43 Å². The van der Waals surface area contributed by atoms with Crippen LogP contribution in [0, 0.1) is 22.7 Å². The number of hydrogen-bond donors (Lipinski definition) is 3. The summed E-state index contributed by atoms with van der Waals surface area (Å²) in [5, 5.41) is 34.3. The van der Waals surface area contributed by atoms with Gasteiger partial charge in [0.2, 0.25) is 0 Å². The Balaban J connectivity index is 0.000000177. The molecule has 2 aliphatic rings. The topological polar surface area (TPSA) is 275 Å². The SMILES string of the molecule is C.CNC(=O)c1cc[c]([Sn]([CH3])([CH3])[CH3])nc1.CNC(=O)c1ccc(-c2cnn3ccc(C(=O)N(c4ccc(C#N)cn4)C4CCC4)cc23)nc1.CNC(=O)c1ccc(Br)nc1.N#Cc1ccc(N(C(=O)c2ccn3ncc(Br)c3c2)C2CCC2)nc1. The fourth-order valence-electron chi connectivity index (χ4n) is 8.67. The molecular formula is C61H62Br2N16O5Sn. The molecule has 0 saturated heterocycles. The second-order valence-corrected chi connectivity index (χ2v) is 36.3. The summed E-state index contributed by atoms with van der Waals surface area (Å²) in [5.41, 5.74) is 6.66. The van der Waals surface area contributed by atoms with Crippen molar-refractivity contribution >= 4 is 106 Å². The standard InChI is InChI=1S/C25H21N7O2.C18H14BrN5O.C7H7BrN2O.C7H7N2O.CH4.3CH3.Sn/c1-27-24(33)18-6-7-21(28-14-18)20-15-30-31-10-9-17(11-22(20)31)25(34)32(19-3-2-4-19)23-8-5-16(12-26)13-29-23;19-15-11-22-23-7-6-13(8-16(15)23)18(25)24(14-2-1-3-14)17-5-4-12(9-20)10-21-17;1-9-7(11)5-2-3-6(8)10-4-5;1-8-7(10)6-3-2-4-9-5-6;;;;;/h5-11,13-15,19H,2-4H2,1H3,(H,27,33);4-8,10-11,14H,1-3H2;2-4H,1H3,(H,9,11);2-3,5H,1H3,(H,8,10);1H4;3*1H3;. The summed E-state index contributed by atoms with van der Waals surface area (Å²) in [6, 6.07) is 29.0.